The Labute approximate surface area is 182 Å². The first-order valence-electron chi connectivity index (χ1n) is 9.39. The number of nitrogens with zero attached hydrogens (tertiary/aromatic N) is 3. The maximum atomic E-state index is 13.5. The van der Waals surface area contributed by atoms with Crippen molar-refractivity contribution >= 4 is 34.5 Å². The summed E-state index contributed by atoms with van der Waals surface area (Å²) in [5.74, 6) is -1.58. The second-order valence-corrected chi connectivity index (χ2v) is 7.50. The average Bonchev–Trinajstić information content (AvgIpc) is 2.76. The number of pyridine rings is 1. The van der Waals surface area contributed by atoms with Gasteiger partial charge in [-0.1, -0.05) is 0 Å². The predicted molar refractivity (Wildman–Crippen MR) is 114 cm³/mol. The number of amides is 1. The number of benzene rings is 1. The van der Waals surface area contributed by atoms with Crippen molar-refractivity contribution in [2.75, 3.05) is 50.0 Å². The van der Waals surface area contributed by atoms with Crippen LogP contribution in [0.4, 0.5) is 25.0 Å². The zero-order chi connectivity index (χ0) is 22.5. The summed E-state index contributed by atoms with van der Waals surface area (Å²) >= 11 is 0.828. The Morgan fingerprint density at radius 1 is 1.06 bits per heavy atom. The second-order valence-electron chi connectivity index (χ2n) is 6.74. The van der Waals surface area contributed by atoms with Gasteiger partial charge in [0.05, 0.1) is 25.5 Å². The summed E-state index contributed by atoms with van der Waals surface area (Å²) in [4.78, 5) is 32.2. The van der Waals surface area contributed by atoms with Crippen LogP contribution >= 0.6 is 11.9 Å². The number of methoxy groups -OCH3 is 2. The lowest BCUT2D eigenvalue weighted by atomic mass is 10.2. The molecule has 1 fully saturated rings. The third-order valence-electron chi connectivity index (χ3n) is 4.78. The van der Waals surface area contributed by atoms with E-state index in [1.165, 1.54) is 32.4 Å². The van der Waals surface area contributed by atoms with E-state index in [1.54, 1.807) is 11.8 Å². The molecule has 1 amide bonds. The molecule has 1 aliphatic rings. The number of carbonyl (C=O) groups is 2. The van der Waals surface area contributed by atoms with E-state index in [4.69, 9.17) is 9.47 Å². The maximum absolute atomic E-state index is 13.5. The van der Waals surface area contributed by atoms with E-state index < -0.39 is 17.6 Å². The van der Waals surface area contributed by atoms with Crippen LogP contribution in [0.15, 0.2) is 24.3 Å². The first kappa shape index (κ1) is 22.6. The molecule has 2 aromatic rings. The molecule has 166 valence electrons. The third-order valence-corrected chi connectivity index (χ3v) is 5.53. The van der Waals surface area contributed by atoms with Gasteiger partial charge in [-0.15, -0.1) is 0 Å². The Balaban J connectivity index is 1.61. The normalized spacial score (nSPS) is 13.7. The molecule has 0 aliphatic carbocycles. The molecular weight excluding hydrogens is 430 g/mol. The molecule has 0 bridgehead atoms. The van der Waals surface area contributed by atoms with Crippen LogP contribution in [0.1, 0.15) is 16.1 Å². The first-order chi connectivity index (χ1) is 14.8. The summed E-state index contributed by atoms with van der Waals surface area (Å²) in [6, 6.07) is 4.88. The Morgan fingerprint density at radius 2 is 1.71 bits per heavy atom. The summed E-state index contributed by atoms with van der Waals surface area (Å²) in [6.45, 7) is 3.32. The lowest BCUT2D eigenvalue weighted by molar-refractivity contribution is 0.0599. The number of hydrogen-bond donors (Lipinski definition) is 1. The van der Waals surface area contributed by atoms with E-state index in [0.29, 0.717) is 43.2 Å². The summed E-state index contributed by atoms with van der Waals surface area (Å²) in [6.07, 6.45) is 0. The van der Waals surface area contributed by atoms with Crippen molar-refractivity contribution in [2.24, 2.45) is 0 Å². The quantitative estimate of drug-likeness (QED) is 0.546. The van der Waals surface area contributed by atoms with Crippen LogP contribution in [-0.4, -0.2) is 61.5 Å². The highest BCUT2D eigenvalue weighted by molar-refractivity contribution is 8.14. The molecule has 1 aliphatic heterocycles. The van der Waals surface area contributed by atoms with Crippen molar-refractivity contribution in [3.63, 3.8) is 0 Å². The number of piperazine rings is 1. The fourth-order valence-corrected chi connectivity index (χ4v) is 3.82. The molecule has 1 saturated heterocycles. The van der Waals surface area contributed by atoms with Gasteiger partial charge < -0.3 is 24.0 Å². The van der Waals surface area contributed by atoms with E-state index in [2.05, 4.69) is 9.71 Å². The number of rotatable bonds is 5. The van der Waals surface area contributed by atoms with Crippen LogP contribution < -0.4 is 14.4 Å². The van der Waals surface area contributed by atoms with E-state index in [-0.39, 0.29) is 16.7 Å². The Morgan fingerprint density at radius 3 is 2.29 bits per heavy atom. The minimum absolute atomic E-state index is 0.239. The van der Waals surface area contributed by atoms with Crippen LogP contribution in [0.3, 0.4) is 0 Å². The van der Waals surface area contributed by atoms with Gasteiger partial charge in [0.25, 0.3) is 0 Å². The van der Waals surface area contributed by atoms with Crippen LogP contribution in [0, 0.1) is 18.6 Å². The zero-order valence-corrected chi connectivity index (χ0v) is 18.1. The molecule has 2 heterocycles. The Hall–Kier alpha value is -3.08. The lowest BCUT2D eigenvalue weighted by Gasteiger charge is -2.35. The highest BCUT2D eigenvalue weighted by atomic mass is 32.2. The molecule has 31 heavy (non-hydrogen) atoms. The molecule has 8 nitrogen and oxygen atoms in total. The molecule has 0 atom stereocenters. The van der Waals surface area contributed by atoms with E-state index in [1.807, 2.05) is 4.90 Å². The summed E-state index contributed by atoms with van der Waals surface area (Å²) in [5, 5.41) is -0.243. The number of anilines is 2. The number of nitrogens with one attached hydrogen (secondary N) is 1. The Kier molecular flexibility index (Phi) is 7.16. The molecule has 1 aromatic heterocycles. The van der Waals surface area contributed by atoms with Gasteiger partial charge in [-0.25, -0.2) is 18.6 Å². The smallest absolute Gasteiger partial charge is 0.339 e. The Bertz CT molecular complexity index is 964. The third kappa shape index (κ3) is 5.35. The minimum Gasteiger partial charge on any atom is -0.479 e. The highest BCUT2D eigenvalue weighted by Crippen LogP contribution is 2.29. The van der Waals surface area contributed by atoms with Gasteiger partial charge in [-0.2, -0.15) is 0 Å². The molecular formula is C20H22F2N4O4S. The molecule has 0 saturated carbocycles. The van der Waals surface area contributed by atoms with Crippen LogP contribution in [0.2, 0.25) is 0 Å². The number of hydrogen-bond acceptors (Lipinski definition) is 8. The lowest BCUT2D eigenvalue weighted by Crippen LogP contribution is -2.48. The van der Waals surface area contributed by atoms with Gasteiger partial charge in [0, 0.05) is 49.9 Å². The van der Waals surface area contributed by atoms with Gasteiger partial charge >= 0.3 is 11.2 Å². The van der Waals surface area contributed by atoms with Crippen molar-refractivity contribution in [3.8, 4) is 5.88 Å². The highest BCUT2D eigenvalue weighted by Gasteiger charge is 2.23. The van der Waals surface area contributed by atoms with Crippen molar-refractivity contribution < 1.29 is 27.8 Å². The molecule has 3 rings (SSSR count). The zero-order valence-electron chi connectivity index (χ0n) is 17.3. The second kappa shape index (κ2) is 9.82. The molecule has 0 spiro atoms. The maximum Gasteiger partial charge on any atom is 0.339 e. The number of carbonyl (C=O) groups excluding carboxylic acids is 2. The van der Waals surface area contributed by atoms with Gasteiger partial charge in [0.1, 0.15) is 17.3 Å². The number of esters is 1. The number of aryl methyl sites for hydroxylation is 1. The summed E-state index contributed by atoms with van der Waals surface area (Å²) < 4.78 is 39.8. The van der Waals surface area contributed by atoms with Crippen molar-refractivity contribution in [2.45, 2.75) is 6.92 Å². The van der Waals surface area contributed by atoms with Gasteiger partial charge in [-0.05, 0) is 25.1 Å². The number of halogens is 2. The van der Waals surface area contributed by atoms with Gasteiger partial charge in [-0.3, -0.25) is 4.79 Å². The van der Waals surface area contributed by atoms with Crippen LogP contribution in [-0.2, 0) is 4.74 Å². The molecule has 1 aromatic carbocycles. The average molecular weight is 452 g/mol. The SMILES string of the molecule is COC(=O)c1cc(NSC(=O)N2CCN(c3cc(F)cc(F)c3)CC2)c(OC)nc1C. The van der Waals surface area contributed by atoms with Crippen molar-refractivity contribution in [3.05, 3.63) is 47.2 Å². The number of ether oxygens (including phenoxy) is 2. The van der Waals surface area contributed by atoms with E-state index in [9.17, 15) is 18.4 Å². The standard InChI is InChI=1S/C20H22F2N4O4S/c1-12-16(19(27)30-3)11-17(18(23-12)29-2)24-31-20(28)26-6-4-25(5-7-26)15-9-13(21)8-14(22)10-15/h8-11,24H,4-7H2,1-3H3. The van der Waals surface area contributed by atoms with Gasteiger partial charge in [0.2, 0.25) is 5.88 Å². The topological polar surface area (TPSA) is 84.0 Å². The fourth-order valence-electron chi connectivity index (χ4n) is 3.16. The monoisotopic (exact) mass is 452 g/mol. The first-order valence-corrected chi connectivity index (χ1v) is 10.2. The van der Waals surface area contributed by atoms with Gasteiger partial charge in [0.15, 0.2) is 0 Å². The fraction of sp³-hybridized carbons (Fsp3) is 0.350. The van der Waals surface area contributed by atoms with Crippen LogP contribution in [0.5, 0.6) is 5.88 Å². The summed E-state index contributed by atoms with van der Waals surface area (Å²) in [7, 11) is 2.71. The largest absolute Gasteiger partial charge is 0.479 e. The van der Waals surface area contributed by atoms with E-state index in [0.717, 1.165) is 18.0 Å². The number of aromatic nitrogens is 1. The predicted octanol–water partition coefficient (Wildman–Crippen LogP) is 3.47. The van der Waals surface area contributed by atoms with Crippen molar-refractivity contribution in [1.82, 2.24) is 9.88 Å². The minimum atomic E-state index is -0.639. The summed E-state index contributed by atoms with van der Waals surface area (Å²) in [5.41, 5.74) is 1.51. The molecule has 0 radical (unpaired) electrons. The van der Waals surface area contributed by atoms with Crippen molar-refractivity contribution in [1.29, 1.82) is 0 Å². The molecule has 11 heteroatoms. The van der Waals surface area contributed by atoms with Crippen LogP contribution in [0.25, 0.3) is 0 Å². The molecule has 0 unspecified atom stereocenters. The molecule has 1 N–H and O–H groups in total. The van der Waals surface area contributed by atoms with E-state index >= 15 is 0 Å².